The van der Waals surface area contributed by atoms with E-state index in [0.29, 0.717) is 38.5 Å². The third-order valence-electron chi connectivity index (χ3n) is 6.06. The molecule has 1 saturated heterocycles. The minimum atomic E-state index is 0.144. The number of ether oxygens (including phenoxy) is 1. The first kappa shape index (κ1) is 18.7. The molecule has 5 nitrogen and oxygen atoms in total. The van der Waals surface area contributed by atoms with Crippen molar-refractivity contribution in [1.82, 2.24) is 9.80 Å². The van der Waals surface area contributed by atoms with Crippen LogP contribution in [0.4, 0.5) is 0 Å². The largest absolute Gasteiger partial charge is 0.496 e. The third kappa shape index (κ3) is 3.87. The van der Waals surface area contributed by atoms with E-state index in [0.717, 1.165) is 35.3 Å². The van der Waals surface area contributed by atoms with Crippen LogP contribution >= 0.6 is 0 Å². The Balaban J connectivity index is 1.55. The number of benzene rings is 1. The molecule has 0 atom stereocenters. The van der Waals surface area contributed by atoms with Crippen molar-refractivity contribution in [2.24, 2.45) is 5.92 Å². The second kappa shape index (κ2) is 8.11. The summed E-state index contributed by atoms with van der Waals surface area (Å²) in [4.78, 5) is 29.1. The third-order valence-corrected chi connectivity index (χ3v) is 6.06. The summed E-state index contributed by atoms with van der Waals surface area (Å²) in [6.45, 7) is 6.69. The van der Waals surface area contributed by atoms with Crippen LogP contribution in [-0.4, -0.2) is 54.9 Å². The predicted octanol–water partition coefficient (Wildman–Crippen LogP) is 2.72. The Kier molecular flexibility index (Phi) is 5.84. The summed E-state index contributed by atoms with van der Waals surface area (Å²) < 4.78 is 5.35. The second-order valence-corrected chi connectivity index (χ2v) is 7.54. The van der Waals surface area contributed by atoms with Crippen LogP contribution in [0.25, 0.3) is 0 Å². The molecule has 26 heavy (non-hydrogen) atoms. The summed E-state index contributed by atoms with van der Waals surface area (Å²) in [7, 11) is 1.67. The molecule has 1 aliphatic carbocycles. The quantitative estimate of drug-likeness (QED) is 0.831. The number of piperazine rings is 1. The number of hydrogen-bond donors (Lipinski definition) is 0. The maximum absolute atomic E-state index is 12.7. The number of carbonyl (C=O) groups excluding carboxylic acids is 2. The number of methoxy groups -OCH3 is 1. The fourth-order valence-corrected chi connectivity index (χ4v) is 4.15. The van der Waals surface area contributed by atoms with E-state index in [1.807, 2.05) is 35.8 Å². The van der Waals surface area contributed by atoms with Crippen LogP contribution in [0.3, 0.4) is 0 Å². The minimum absolute atomic E-state index is 0.144. The Hall–Kier alpha value is -2.04. The molecule has 142 valence electrons. The van der Waals surface area contributed by atoms with Gasteiger partial charge in [-0.05, 0) is 49.4 Å². The van der Waals surface area contributed by atoms with E-state index < -0.39 is 0 Å². The van der Waals surface area contributed by atoms with Gasteiger partial charge >= 0.3 is 0 Å². The monoisotopic (exact) mass is 358 g/mol. The lowest BCUT2D eigenvalue weighted by Crippen LogP contribution is -2.52. The Morgan fingerprint density at radius 1 is 1.00 bits per heavy atom. The van der Waals surface area contributed by atoms with Gasteiger partial charge in [-0.1, -0.05) is 18.9 Å². The summed E-state index contributed by atoms with van der Waals surface area (Å²) in [6.07, 6.45) is 4.83. The normalized spacial score (nSPS) is 18.3. The summed E-state index contributed by atoms with van der Waals surface area (Å²) >= 11 is 0. The van der Waals surface area contributed by atoms with Gasteiger partial charge in [-0.25, -0.2) is 0 Å². The molecule has 2 amide bonds. The highest BCUT2D eigenvalue weighted by atomic mass is 16.5. The molecule has 1 aromatic rings. The smallest absolute Gasteiger partial charge is 0.227 e. The van der Waals surface area contributed by atoms with E-state index in [1.165, 1.54) is 12.8 Å². The summed E-state index contributed by atoms with van der Waals surface area (Å²) in [5, 5.41) is 0. The van der Waals surface area contributed by atoms with Crippen molar-refractivity contribution in [3.8, 4) is 5.75 Å². The Morgan fingerprint density at radius 2 is 1.62 bits per heavy atom. The molecule has 0 bridgehead atoms. The van der Waals surface area contributed by atoms with Crippen molar-refractivity contribution in [2.45, 2.75) is 46.0 Å². The van der Waals surface area contributed by atoms with Gasteiger partial charge in [0.1, 0.15) is 5.75 Å². The van der Waals surface area contributed by atoms with Crippen LogP contribution in [0, 0.1) is 19.8 Å². The van der Waals surface area contributed by atoms with Gasteiger partial charge in [0.05, 0.1) is 13.5 Å². The molecular weight excluding hydrogens is 328 g/mol. The van der Waals surface area contributed by atoms with Crippen LogP contribution in [0.5, 0.6) is 5.75 Å². The van der Waals surface area contributed by atoms with Crippen molar-refractivity contribution >= 4 is 11.8 Å². The highest BCUT2D eigenvalue weighted by Crippen LogP contribution is 2.27. The lowest BCUT2D eigenvalue weighted by molar-refractivity contribution is -0.141. The van der Waals surface area contributed by atoms with Crippen LogP contribution in [0.1, 0.15) is 42.4 Å². The maximum Gasteiger partial charge on any atom is 0.227 e. The topological polar surface area (TPSA) is 49.9 Å². The van der Waals surface area contributed by atoms with E-state index in [9.17, 15) is 9.59 Å². The van der Waals surface area contributed by atoms with Gasteiger partial charge in [-0.3, -0.25) is 9.59 Å². The lowest BCUT2D eigenvalue weighted by Gasteiger charge is -2.36. The highest BCUT2D eigenvalue weighted by molar-refractivity contribution is 5.81. The van der Waals surface area contributed by atoms with Gasteiger partial charge in [0.25, 0.3) is 0 Å². The number of hydrogen-bond acceptors (Lipinski definition) is 3. The van der Waals surface area contributed by atoms with E-state index in [-0.39, 0.29) is 11.8 Å². The van der Waals surface area contributed by atoms with E-state index >= 15 is 0 Å². The van der Waals surface area contributed by atoms with Crippen molar-refractivity contribution < 1.29 is 14.3 Å². The molecule has 2 fully saturated rings. The first-order chi connectivity index (χ1) is 12.5. The van der Waals surface area contributed by atoms with Crippen molar-refractivity contribution in [1.29, 1.82) is 0 Å². The number of amides is 2. The van der Waals surface area contributed by atoms with Crippen LogP contribution < -0.4 is 4.74 Å². The van der Waals surface area contributed by atoms with Crippen LogP contribution in [0.2, 0.25) is 0 Å². The van der Waals surface area contributed by atoms with Crippen LogP contribution in [-0.2, 0) is 16.0 Å². The van der Waals surface area contributed by atoms with Gasteiger partial charge in [-0.2, -0.15) is 0 Å². The zero-order chi connectivity index (χ0) is 18.7. The summed E-state index contributed by atoms with van der Waals surface area (Å²) in [5.41, 5.74) is 3.26. The Labute approximate surface area is 156 Å². The average Bonchev–Trinajstić information content (AvgIpc) is 3.20. The molecular formula is C21H30N2O3. The summed E-state index contributed by atoms with van der Waals surface area (Å²) in [5.74, 6) is 1.53. The molecule has 0 aromatic heterocycles. The summed E-state index contributed by atoms with van der Waals surface area (Å²) in [6, 6.07) is 3.92. The first-order valence-corrected chi connectivity index (χ1v) is 9.71. The fraction of sp³-hybridized carbons (Fsp3) is 0.619. The molecule has 1 heterocycles. The zero-order valence-corrected chi connectivity index (χ0v) is 16.2. The van der Waals surface area contributed by atoms with Crippen molar-refractivity contribution in [2.75, 3.05) is 33.3 Å². The molecule has 0 N–H and O–H groups in total. The van der Waals surface area contributed by atoms with Gasteiger partial charge in [0.15, 0.2) is 0 Å². The zero-order valence-electron chi connectivity index (χ0n) is 16.2. The van der Waals surface area contributed by atoms with Crippen molar-refractivity contribution in [3.05, 3.63) is 28.8 Å². The molecule has 1 aromatic carbocycles. The van der Waals surface area contributed by atoms with E-state index in [2.05, 4.69) is 0 Å². The number of nitrogens with zero attached hydrogens (tertiary/aromatic N) is 2. The minimum Gasteiger partial charge on any atom is -0.496 e. The lowest BCUT2D eigenvalue weighted by atomic mass is 9.99. The van der Waals surface area contributed by atoms with Gasteiger partial charge < -0.3 is 14.5 Å². The van der Waals surface area contributed by atoms with Crippen molar-refractivity contribution in [3.63, 3.8) is 0 Å². The predicted molar refractivity (Wildman–Crippen MR) is 101 cm³/mol. The first-order valence-electron chi connectivity index (χ1n) is 9.71. The molecule has 0 spiro atoms. The SMILES string of the molecule is COc1ccc(CC(=O)N2CCN(C(=O)C3CCCC3)CC2)c(C)c1C. The molecule has 0 radical (unpaired) electrons. The van der Waals surface area contributed by atoms with E-state index in [4.69, 9.17) is 4.74 Å². The van der Waals surface area contributed by atoms with Crippen LogP contribution in [0.15, 0.2) is 12.1 Å². The molecule has 0 unspecified atom stereocenters. The Morgan fingerprint density at radius 3 is 2.23 bits per heavy atom. The molecule has 1 saturated carbocycles. The second-order valence-electron chi connectivity index (χ2n) is 7.54. The van der Waals surface area contributed by atoms with E-state index in [1.54, 1.807) is 7.11 Å². The highest BCUT2D eigenvalue weighted by Gasteiger charge is 2.30. The molecule has 3 rings (SSSR count). The number of rotatable bonds is 4. The van der Waals surface area contributed by atoms with Gasteiger partial charge in [-0.15, -0.1) is 0 Å². The standard InChI is InChI=1S/C21H30N2O3/c1-15-16(2)19(26-3)9-8-18(15)14-20(24)22-10-12-23(13-11-22)21(25)17-6-4-5-7-17/h8-9,17H,4-7,10-14H2,1-3H3. The average molecular weight is 358 g/mol. The Bertz CT molecular complexity index is 672. The molecule has 2 aliphatic rings. The van der Waals surface area contributed by atoms with Gasteiger partial charge in [0, 0.05) is 32.1 Å². The van der Waals surface area contributed by atoms with Gasteiger partial charge in [0.2, 0.25) is 11.8 Å². The fourth-order valence-electron chi connectivity index (χ4n) is 4.15. The molecule has 5 heteroatoms. The number of carbonyl (C=O) groups is 2. The maximum atomic E-state index is 12.7. The molecule has 1 aliphatic heterocycles.